The van der Waals surface area contributed by atoms with Gasteiger partial charge in [-0.15, -0.1) is 0 Å². The smallest absolute Gasteiger partial charge is 0.322 e. The Morgan fingerprint density at radius 2 is 2.04 bits per heavy atom. The summed E-state index contributed by atoms with van der Waals surface area (Å²) < 4.78 is 17.6. The highest BCUT2D eigenvalue weighted by atomic mass is 16.7. The van der Waals surface area contributed by atoms with Gasteiger partial charge < -0.3 is 19.3 Å². The molecule has 4 heterocycles. The number of rotatable bonds is 4. The van der Waals surface area contributed by atoms with Crippen molar-refractivity contribution in [2.75, 3.05) is 12.1 Å². The minimum atomic E-state index is 0.257. The van der Waals surface area contributed by atoms with Crippen LogP contribution in [0.1, 0.15) is 5.56 Å². The number of anilines is 1. The highest BCUT2D eigenvalue weighted by molar-refractivity contribution is 5.55. The van der Waals surface area contributed by atoms with Crippen molar-refractivity contribution >= 4 is 11.7 Å². The molecule has 3 aromatic heterocycles. The lowest BCUT2D eigenvalue weighted by Crippen LogP contribution is -2.00. The Labute approximate surface area is 141 Å². The van der Waals surface area contributed by atoms with Gasteiger partial charge in [0.25, 0.3) is 0 Å². The number of benzene rings is 1. The summed E-state index contributed by atoms with van der Waals surface area (Å²) in [5.41, 5.74) is 2.44. The zero-order valence-corrected chi connectivity index (χ0v) is 12.9. The molecule has 1 aliphatic heterocycles. The van der Waals surface area contributed by atoms with E-state index in [0.29, 0.717) is 24.1 Å². The average Bonchev–Trinajstić information content (AvgIpc) is 3.38. The van der Waals surface area contributed by atoms with Gasteiger partial charge in [0.1, 0.15) is 5.69 Å². The first-order valence-corrected chi connectivity index (χ1v) is 7.62. The van der Waals surface area contributed by atoms with E-state index in [0.717, 1.165) is 22.7 Å². The van der Waals surface area contributed by atoms with Crippen LogP contribution in [0, 0.1) is 0 Å². The van der Waals surface area contributed by atoms with Gasteiger partial charge >= 0.3 is 6.01 Å². The van der Waals surface area contributed by atoms with Crippen molar-refractivity contribution in [3.05, 3.63) is 48.3 Å². The molecular formula is C16H12N6O3. The number of hydrogen-bond donors (Lipinski definition) is 1. The Bertz CT molecular complexity index is 1060. The molecule has 9 nitrogen and oxygen atoms in total. The molecule has 0 saturated carbocycles. The predicted octanol–water partition coefficient (Wildman–Crippen LogP) is 2.12. The molecule has 124 valence electrons. The number of ether oxygens (including phenoxy) is 2. The molecular weight excluding hydrogens is 324 g/mol. The summed E-state index contributed by atoms with van der Waals surface area (Å²) in [7, 11) is 0. The third-order valence-corrected chi connectivity index (χ3v) is 3.83. The molecule has 1 aromatic carbocycles. The van der Waals surface area contributed by atoms with Crippen LogP contribution >= 0.6 is 0 Å². The molecule has 0 spiro atoms. The van der Waals surface area contributed by atoms with Crippen LogP contribution in [0.5, 0.6) is 11.5 Å². The molecule has 4 aromatic rings. The Hall–Kier alpha value is -3.62. The van der Waals surface area contributed by atoms with E-state index in [1.165, 1.54) is 0 Å². The van der Waals surface area contributed by atoms with Gasteiger partial charge in [0.15, 0.2) is 17.1 Å². The van der Waals surface area contributed by atoms with E-state index in [1.54, 1.807) is 23.0 Å². The summed E-state index contributed by atoms with van der Waals surface area (Å²) in [6.45, 7) is 0.777. The molecule has 0 radical (unpaired) electrons. The van der Waals surface area contributed by atoms with Crippen molar-refractivity contribution in [1.29, 1.82) is 0 Å². The third-order valence-electron chi connectivity index (χ3n) is 3.83. The van der Waals surface area contributed by atoms with E-state index in [2.05, 4.69) is 25.5 Å². The third kappa shape index (κ3) is 2.42. The zero-order chi connectivity index (χ0) is 16.6. The van der Waals surface area contributed by atoms with Crippen LogP contribution in [0.25, 0.3) is 17.2 Å². The molecule has 0 unspecified atom stereocenters. The quantitative estimate of drug-likeness (QED) is 0.605. The lowest BCUT2D eigenvalue weighted by Gasteiger charge is -2.03. The summed E-state index contributed by atoms with van der Waals surface area (Å²) in [4.78, 5) is 8.58. The van der Waals surface area contributed by atoms with Gasteiger partial charge in [0.05, 0.1) is 6.20 Å². The van der Waals surface area contributed by atoms with Crippen LogP contribution in [0.15, 0.2) is 47.2 Å². The van der Waals surface area contributed by atoms with Gasteiger partial charge in [-0.3, -0.25) is 0 Å². The highest BCUT2D eigenvalue weighted by Gasteiger charge is 2.15. The number of nitrogens with zero attached hydrogens (tertiary/aromatic N) is 5. The minimum Gasteiger partial charge on any atom is -0.454 e. The second kappa shape index (κ2) is 5.48. The summed E-state index contributed by atoms with van der Waals surface area (Å²) in [5.74, 6) is 1.93. The fourth-order valence-electron chi connectivity index (χ4n) is 2.63. The van der Waals surface area contributed by atoms with Crippen LogP contribution in [0.3, 0.4) is 0 Å². The predicted molar refractivity (Wildman–Crippen MR) is 86.2 cm³/mol. The summed E-state index contributed by atoms with van der Waals surface area (Å²) in [6.07, 6.45) is 3.35. The molecule has 1 N–H and O–H groups in total. The Kier molecular flexibility index (Phi) is 3.02. The molecule has 0 saturated heterocycles. The maximum Gasteiger partial charge on any atom is 0.322 e. The van der Waals surface area contributed by atoms with Gasteiger partial charge in [-0.05, 0) is 23.8 Å². The molecule has 0 amide bonds. The van der Waals surface area contributed by atoms with Crippen LogP contribution in [0.4, 0.5) is 6.01 Å². The Morgan fingerprint density at radius 3 is 3.04 bits per heavy atom. The molecule has 9 heteroatoms. The SMILES string of the molecule is c1cc(-c2noc(NCc3ccc4c(c3)OCO4)n2)n2nccc2n1. The topological polar surface area (TPSA) is 99.6 Å². The fourth-order valence-corrected chi connectivity index (χ4v) is 2.63. The van der Waals surface area contributed by atoms with Crippen molar-refractivity contribution in [2.24, 2.45) is 0 Å². The fraction of sp³-hybridized carbons (Fsp3) is 0.125. The first-order valence-electron chi connectivity index (χ1n) is 7.62. The standard InChI is InChI=1S/C16H12N6O3/c1-2-12-13(24-9-23-12)7-10(1)8-18-16-20-15(21-25-16)11-3-5-17-14-4-6-19-22(11)14/h1-7H,8-9H2,(H,18,20,21). The van der Waals surface area contributed by atoms with Crippen molar-refractivity contribution in [2.45, 2.75) is 6.54 Å². The first-order chi connectivity index (χ1) is 12.4. The normalized spacial score (nSPS) is 12.6. The highest BCUT2D eigenvalue weighted by Crippen LogP contribution is 2.32. The lowest BCUT2D eigenvalue weighted by atomic mass is 10.2. The van der Waals surface area contributed by atoms with Crippen molar-refractivity contribution in [3.63, 3.8) is 0 Å². The number of fused-ring (bicyclic) bond motifs is 2. The summed E-state index contributed by atoms with van der Waals surface area (Å²) in [5, 5.41) is 11.3. The van der Waals surface area contributed by atoms with Gasteiger partial charge in [-0.2, -0.15) is 10.1 Å². The molecule has 1 aliphatic rings. The van der Waals surface area contributed by atoms with Crippen molar-refractivity contribution in [3.8, 4) is 23.0 Å². The average molecular weight is 336 g/mol. The van der Waals surface area contributed by atoms with E-state index in [9.17, 15) is 0 Å². The number of aromatic nitrogens is 5. The van der Waals surface area contributed by atoms with Crippen LogP contribution in [-0.2, 0) is 6.54 Å². The molecule has 0 fully saturated rings. The van der Waals surface area contributed by atoms with Crippen molar-refractivity contribution < 1.29 is 14.0 Å². The first kappa shape index (κ1) is 13.8. The second-order valence-electron chi connectivity index (χ2n) is 5.40. The number of nitrogens with one attached hydrogen (secondary N) is 1. The Balaban J connectivity index is 1.35. The number of hydrogen-bond acceptors (Lipinski definition) is 8. The van der Waals surface area contributed by atoms with E-state index in [-0.39, 0.29) is 6.79 Å². The Morgan fingerprint density at radius 1 is 1.08 bits per heavy atom. The minimum absolute atomic E-state index is 0.257. The zero-order valence-electron chi connectivity index (χ0n) is 12.9. The molecule has 5 rings (SSSR count). The van der Waals surface area contributed by atoms with Gasteiger partial charge in [-0.1, -0.05) is 11.2 Å². The van der Waals surface area contributed by atoms with Crippen LogP contribution in [0.2, 0.25) is 0 Å². The molecule has 0 bridgehead atoms. The summed E-state index contributed by atoms with van der Waals surface area (Å²) in [6, 6.07) is 9.67. The summed E-state index contributed by atoms with van der Waals surface area (Å²) >= 11 is 0. The monoisotopic (exact) mass is 336 g/mol. The van der Waals surface area contributed by atoms with E-state index in [4.69, 9.17) is 14.0 Å². The lowest BCUT2D eigenvalue weighted by molar-refractivity contribution is 0.174. The second-order valence-corrected chi connectivity index (χ2v) is 5.40. The van der Waals surface area contributed by atoms with E-state index < -0.39 is 0 Å². The van der Waals surface area contributed by atoms with Gasteiger partial charge in [0, 0.05) is 18.8 Å². The van der Waals surface area contributed by atoms with E-state index in [1.807, 2.05) is 24.3 Å². The van der Waals surface area contributed by atoms with Crippen LogP contribution < -0.4 is 14.8 Å². The molecule has 0 aliphatic carbocycles. The van der Waals surface area contributed by atoms with Gasteiger partial charge in [0.2, 0.25) is 12.6 Å². The van der Waals surface area contributed by atoms with Crippen LogP contribution in [-0.4, -0.2) is 31.5 Å². The molecule has 0 atom stereocenters. The van der Waals surface area contributed by atoms with E-state index >= 15 is 0 Å². The van der Waals surface area contributed by atoms with Gasteiger partial charge in [-0.25, -0.2) is 9.50 Å². The maximum atomic E-state index is 5.37. The van der Waals surface area contributed by atoms with Crippen molar-refractivity contribution in [1.82, 2.24) is 24.7 Å². The maximum absolute atomic E-state index is 5.37. The largest absolute Gasteiger partial charge is 0.454 e. The molecule has 25 heavy (non-hydrogen) atoms.